The maximum Gasteiger partial charge on any atom is 0.261 e. The Morgan fingerprint density at radius 2 is 1.52 bits per heavy atom. The molecule has 0 aromatic heterocycles. The highest BCUT2D eigenvalue weighted by atomic mass is 32.2. The minimum atomic E-state index is -4.10. The minimum Gasteiger partial charge on any atom is -0.493 e. The molecule has 3 aromatic rings. The number of hydrogen-bond acceptors (Lipinski definition) is 5. The molecule has 0 saturated carbocycles. The molecule has 1 amide bonds. The minimum absolute atomic E-state index is 0.197. The first-order valence-electron chi connectivity index (χ1n) is 9.80. The standard InChI is InChI=1S/C23H22F2N2O5S/c1-31-21-11-3-15(13-22(21)32-2)4-12-23(28)26-16-5-7-17(8-6-16)27-33(29,30)18-9-10-19(24)20(25)14-18/h3,5-11,13-14,27H,4,12H2,1-2H3,(H,26,28). The first kappa shape index (κ1) is 24.0. The fourth-order valence-corrected chi connectivity index (χ4v) is 4.07. The fraction of sp³-hybridized carbons (Fsp3) is 0.174. The third-order valence-corrected chi connectivity index (χ3v) is 6.09. The summed E-state index contributed by atoms with van der Waals surface area (Å²) in [7, 11) is -1.02. The van der Waals surface area contributed by atoms with Gasteiger partial charge in [-0.05, 0) is 66.6 Å². The number of rotatable bonds is 9. The lowest BCUT2D eigenvalue weighted by atomic mass is 10.1. The molecule has 0 bridgehead atoms. The largest absolute Gasteiger partial charge is 0.493 e. The second-order valence-corrected chi connectivity index (χ2v) is 8.68. The van der Waals surface area contributed by atoms with Crippen LogP contribution >= 0.6 is 0 Å². The molecule has 0 radical (unpaired) electrons. The predicted molar refractivity (Wildman–Crippen MR) is 120 cm³/mol. The fourth-order valence-electron chi connectivity index (χ4n) is 3.00. The van der Waals surface area contributed by atoms with E-state index in [1.165, 1.54) is 31.4 Å². The number of carbonyl (C=O) groups excluding carboxylic acids is 1. The van der Waals surface area contributed by atoms with Gasteiger partial charge in [0.05, 0.1) is 19.1 Å². The lowest BCUT2D eigenvalue weighted by Crippen LogP contribution is -2.14. The van der Waals surface area contributed by atoms with Crippen LogP contribution in [0.25, 0.3) is 0 Å². The van der Waals surface area contributed by atoms with E-state index < -0.39 is 26.6 Å². The van der Waals surface area contributed by atoms with Crippen LogP contribution in [-0.2, 0) is 21.2 Å². The number of ether oxygens (including phenoxy) is 2. The maximum absolute atomic E-state index is 13.3. The summed E-state index contributed by atoms with van der Waals surface area (Å²) in [6.45, 7) is 0. The highest BCUT2D eigenvalue weighted by Gasteiger charge is 2.17. The molecule has 2 N–H and O–H groups in total. The van der Waals surface area contributed by atoms with Crippen LogP contribution in [0.1, 0.15) is 12.0 Å². The van der Waals surface area contributed by atoms with E-state index >= 15 is 0 Å². The highest BCUT2D eigenvalue weighted by Crippen LogP contribution is 2.28. The van der Waals surface area contributed by atoms with Gasteiger partial charge in [-0.15, -0.1) is 0 Å². The topological polar surface area (TPSA) is 93.7 Å². The summed E-state index contributed by atoms with van der Waals surface area (Å²) < 4.78 is 63.8. The molecular formula is C23H22F2N2O5S. The average Bonchev–Trinajstić information content (AvgIpc) is 2.80. The van der Waals surface area contributed by atoms with Crippen LogP contribution in [0.5, 0.6) is 11.5 Å². The molecule has 0 spiro atoms. The molecule has 0 aliphatic rings. The number of hydrogen-bond donors (Lipinski definition) is 2. The SMILES string of the molecule is COc1ccc(CCC(=O)Nc2ccc(NS(=O)(=O)c3ccc(F)c(F)c3)cc2)cc1OC. The number of amides is 1. The molecule has 7 nitrogen and oxygen atoms in total. The van der Waals surface area contributed by atoms with E-state index in [1.54, 1.807) is 19.2 Å². The molecule has 3 rings (SSSR count). The summed E-state index contributed by atoms with van der Waals surface area (Å²) in [5.41, 5.74) is 1.58. The van der Waals surface area contributed by atoms with Gasteiger partial charge in [0.1, 0.15) is 0 Å². The van der Waals surface area contributed by atoms with Gasteiger partial charge in [-0.3, -0.25) is 9.52 Å². The number of halogens is 2. The van der Waals surface area contributed by atoms with Gasteiger partial charge in [-0.2, -0.15) is 0 Å². The van der Waals surface area contributed by atoms with E-state index in [1.807, 2.05) is 6.07 Å². The van der Waals surface area contributed by atoms with Crippen molar-refractivity contribution in [2.45, 2.75) is 17.7 Å². The van der Waals surface area contributed by atoms with E-state index in [9.17, 15) is 22.0 Å². The number of nitrogens with one attached hydrogen (secondary N) is 2. The summed E-state index contributed by atoms with van der Waals surface area (Å²) in [6, 6.07) is 13.7. The van der Waals surface area contributed by atoms with Crippen LogP contribution in [0.4, 0.5) is 20.2 Å². The molecule has 3 aromatic carbocycles. The zero-order valence-electron chi connectivity index (χ0n) is 17.9. The molecular weight excluding hydrogens is 454 g/mol. The Bertz CT molecular complexity index is 1250. The van der Waals surface area contributed by atoms with Crippen molar-refractivity contribution >= 4 is 27.3 Å². The Labute approximate surface area is 190 Å². The molecule has 174 valence electrons. The van der Waals surface area contributed by atoms with Crippen LogP contribution in [0.3, 0.4) is 0 Å². The van der Waals surface area contributed by atoms with Crippen molar-refractivity contribution < 1.29 is 31.5 Å². The normalized spacial score (nSPS) is 11.0. The van der Waals surface area contributed by atoms with Crippen molar-refractivity contribution in [3.8, 4) is 11.5 Å². The van der Waals surface area contributed by atoms with Crippen molar-refractivity contribution in [2.75, 3.05) is 24.3 Å². The molecule has 0 unspecified atom stereocenters. The van der Waals surface area contributed by atoms with Crippen molar-refractivity contribution in [1.29, 1.82) is 0 Å². The molecule has 33 heavy (non-hydrogen) atoms. The van der Waals surface area contributed by atoms with Gasteiger partial charge in [0.25, 0.3) is 10.0 Å². The lowest BCUT2D eigenvalue weighted by molar-refractivity contribution is -0.116. The average molecular weight is 477 g/mol. The highest BCUT2D eigenvalue weighted by molar-refractivity contribution is 7.92. The van der Waals surface area contributed by atoms with Crippen LogP contribution < -0.4 is 19.5 Å². The van der Waals surface area contributed by atoms with Gasteiger partial charge in [0.2, 0.25) is 5.91 Å². The first-order valence-corrected chi connectivity index (χ1v) is 11.3. The summed E-state index contributed by atoms with van der Waals surface area (Å²) >= 11 is 0. The monoisotopic (exact) mass is 476 g/mol. The van der Waals surface area contributed by atoms with Crippen LogP contribution in [-0.4, -0.2) is 28.5 Å². The number of methoxy groups -OCH3 is 2. The van der Waals surface area contributed by atoms with E-state index in [2.05, 4.69) is 10.0 Å². The molecule has 0 aliphatic carbocycles. The quantitative estimate of drug-likeness (QED) is 0.479. The second-order valence-electron chi connectivity index (χ2n) is 7.00. The number of aryl methyl sites for hydroxylation is 1. The summed E-state index contributed by atoms with van der Waals surface area (Å²) in [4.78, 5) is 11.9. The summed E-state index contributed by atoms with van der Waals surface area (Å²) in [5.74, 6) is -1.44. The molecule has 0 heterocycles. The molecule has 0 aliphatic heterocycles. The van der Waals surface area contributed by atoms with Crippen LogP contribution in [0, 0.1) is 11.6 Å². The molecule has 10 heteroatoms. The van der Waals surface area contributed by atoms with Crippen molar-refractivity contribution in [3.63, 3.8) is 0 Å². The van der Waals surface area contributed by atoms with Crippen LogP contribution in [0.15, 0.2) is 65.6 Å². The van der Waals surface area contributed by atoms with Crippen molar-refractivity contribution in [3.05, 3.63) is 77.9 Å². The number of benzene rings is 3. The third-order valence-electron chi connectivity index (χ3n) is 4.71. The first-order chi connectivity index (χ1) is 15.7. The van der Waals surface area contributed by atoms with E-state index in [-0.39, 0.29) is 18.0 Å². The Hall–Kier alpha value is -3.66. The molecule has 0 atom stereocenters. The Balaban J connectivity index is 1.57. The molecule has 0 fully saturated rings. The van der Waals surface area contributed by atoms with Crippen molar-refractivity contribution in [1.82, 2.24) is 0 Å². The Kier molecular flexibility index (Phi) is 7.49. The number of anilines is 2. The third kappa shape index (κ3) is 6.19. The lowest BCUT2D eigenvalue weighted by Gasteiger charge is -2.11. The van der Waals surface area contributed by atoms with Crippen LogP contribution in [0.2, 0.25) is 0 Å². The zero-order valence-corrected chi connectivity index (χ0v) is 18.7. The Morgan fingerprint density at radius 3 is 2.15 bits per heavy atom. The van der Waals surface area contributed by atoms with Gasteiger partial charge < -0.3 is 14.8 Å². The van der Waals surface area contributed by atoms with Gasteiger partial charge in [-0.1, -0.05) is 6.07 Å². The summed E-state index contributed by atoms with van der Waals surface area (Å²) in [6.07, 6.45) is 0.707. The predicted octanol–water partition coefficient (Wildman–Crippen LogP) is 4.35. The zero-order chi connectivity index (χ0) is 24.0. The van der Waals surface area contributed by atoms with E-state index in [0.29, 0.717) is 29.7 Å². The van der Waals surface area contributed by atoms with E-state index in [4.69, 9.17) is 9.47 Å². The van der Waals surface area contributed by atoms with Gasteiger partial charge >= 0.3 is 0 Å². The smallest absolute Gasteiger partial charge is 0.261 e. The van der Waals surface area contributed by atoms with Gasteiger partial charge in [0, 0.05) is 17.8 Å². The Morgan fingerprint density at radius 1 is 0.848 bits per heavy atom. The second kappa shape index (κ2) is 10.3. The summed E-state index contributed by atoms with van der Waals surface area (Å²) in [5, 5.41) is 2.74. The number of sulfonamides is 1. The number of carbonyl (C=O) groups is 1. The molecule has 0 saturated heterocycles. The van der Waals surface area contributed by atoms with E-state index in [0.717, 1.165) is 17.7 Å². The van der Waals surface area contributed by atoms with Gasteiger partial charge in [-0.25, -0.2) is 17.2 Å². The van der Waals surface area contributed by atoms with Gasteiger partial charge in [0.15, 0.2) is 23.1 Å². The maximum atomic E-state index is 13.3. The van der Waals surface area contributed by atoms with Crippen molar-refractivity contribution in [2.24, 2.45) is 0 Å².